The van der Waals surface area contributed by atoms with Crippen molar-refractivity contribution in [2.24, 2.45) is 0 Å². The Balaban J connectivity index is 3.12. The number of carbonyl (C=O) groups excluding carboxylic acids is 1. The first kappa shape index (κ1) is 13.9. The fraction of sp³-hybridized carbons (Fsp3) is 0.250. The van der Waals surface area contributed by atoms with Crippen LogP contribution in [-0.2, 0) is 4.74 Å². The summed E-state index contributed by atoms with van der Waals surface area (Å²) in [6, 6.07) is 0.412. The molecule has 0 N–H and O–H groups in total. The molecule has 1 aromatic carbocycles. The first-order chi connectivity index (χ1) is 8.52. The summed E-state index contributed by atoms with van der Waals surface area (Å²) in [5.74, 6) is -1.47. The fourth-order valence-corrected chi connectivity index (χ4v) is 1.16. The van der Waals surface area contributed by atoms with Gasteiger partial charge in [-0.3, -0.25) is 0 Å². The van der Waals surface area contributed by atoms with Crippen molar-refractivity contribution in [1.82, 2.24) is 0 Å². The summed E-state index contributed by atoms with van der Waals surface area (Å²) in [4.78, 5) is 11.4. The lowest BCUT2D eigenvalue weighted by atomic mass is 10.2. The lowest BCUT2D eigenvalue weighted by Crippen LogP contribution is -2.11. The number of rotatable bonds is 3. The summed E-state index contributed by atoms with van der Waals surface area (Å²) < 4.78 is 48.7. The molecule has 1 rings (SSSR count). The predicted octanol–water partition coefficient (Wildman–Crippen LogP) is 2.29. The van der Waals surface area contributed by atoms with E-state index >= 15 is 0 Å². The standard InChI is InChI=1S/C12H9F3O3/c1-3-4-5-18-12(16)7-6-8(13)10(15)11(17-2)9(7)14/h6H,5H2,1-2H3. The van der Waals surface area contributed by atoms with Gasteiger partial charge in [-0.2, -0.15) is 4.39 Å². The Kier molecular flexibility index (Phi) is 4.60. The van der Waals surface area contributed by atoms with E-state index < -0.39 is 34.7 Å². The molecule has 0 atom stereocenters. The molecule has 96 valence electrons. The molecule has 0 amide bonds. The van der Waals surface area contributed by atoms with Crippen molar-refractivity contribution in [2.45, 2.75) is 6.92 Å². The maximum atomic E-state index is 13.6. The minimum Gasteiger partial charge on any atom is -0.491 e. The predicted molar refractivity (Wildman–Crippen MR) is 56.6 cm³/mol. The molecular formula is C12H9F3O3. The van der Waals surface area contributed by atoms with Gasteiger partial charge in [-0.1, -0.05) is 5.92 Å². The second-order valence-electron chi connectivity index (χ2n) is 3.07. The molecular weight excluding hydrogens is 249 g/mol. The van der Waals surface area contributed by atoms with E-state index in [0.29, 0.717) is 6.07 Å². The van der Waals surface area contributed by atoms with Crippen LogP contribution >= 0.6 is 0 Å². The van der Waals surface area contributed by atoms with E-state index in [1.54, 1.807) is 0 Å². The Morgan fingerprint density at radius 3 is 2.56 bits per heavy atom. The van der Waals surface area contributed by atoms with E-state index in [1.807, 2.05) is 0 Å². The van der Waals surface area contributed by atoms with Crippen LogP contribution in [-0.4, -0.2) is 19.7 Å². The second-order valence-corrected chi connectivity index (χ2v) is 3.07. The van der Waals surface area contributed by atoms with E-state index in [4.69, 9.17) is 0 Å². The minimum atomic E-state index is -1.50. The molecule has 6 heteroatoms. The quantitative estimate of drug-likeness (QED) is 0.474. The van der Waals surface area contributed by atoms with Gasteiger partial charge >= 0.3 is 5.97 Å². The zero-order valence-electron chi connectivity index (χ0n) is 9.64. The number of esters is 1. The van der Waals surface area contributed by atoms with Gasteiger partial charge in [-0.05, 0) is 13.0 Å². The molecule has 0 aliphatic heterocycles. The number of hydrogen-bond acceptors (Lipinski definition) is 3. The Morgan fingerprint density at radius 2 is 2.00 bits per heavy atom. The molecule has 18 heavy (non-hydrogen) atoms. The van der Waals surface area contributed by atoms with Crippen LogP contribution in [0.3, 0.4) is 0 Å². The van der Waals surface area contributed by atoms with Crippen LogP contribution in [0.5, 0.6) is 5.75 Å². The maximum absolute atomic E-state index is 13.6. The zero-order chi connectivity index (χ0) is 13.7. The number of hydrogen-bond donors (Lipinski definition) is 0. The molecule has 0 unspecified atom stereocenters. The summed E-state index contributed by atoms with van der Waals surface area (Å²) in [6.45, 7) is 1.26. The van der Waals surface area contributed by atoms with Crippen LogP contribution in [0, 0.1) is 29.3 Å². The Morgan fingerprint density at radius 1 is 1.33 bits per heavy atom. The molecule has 3 nitrogen and oxygen atoms in total. The summed E-state index contributed by atoms with van der Waals surface area (Å²) in [6.07, 6.45) is 0. The number of ether oxygens (including phenoxy) is 2. The lowest BCUT2D eigenvalue weighted by molar-refractivity contribution is 0.0549. The first-order valence-electron chi connectivity index (χ1n) is 4.81. The minimum absolute atomic E-state index is 0.268. The monoisotopic (exact) mass is 258 g/mol. The molecule has 0 fully saturated rings. The molecule has 0 bridgehead atoms. The van der Waals surface area contributed by atoms with Gasteiger partial charge in [-0.15, -0.1) is 5.92 Å². The van der Waals surface area contributed by atoms with Gasteiger partial charge in [0.2, 0.25) is 5.82 Å². The van der Waals surface area contributed by atoms with Crippen LogP contribution in [0.1, 0.15) is 17.3 Å². The Hall–Kier alpha value is -2.16. The average molecular weight is 258 g/mol. The third kappa shape index (κ3) is 2.74. The molecule has 0 saturated carbocycles. The van der Waals surface area contributed by atoms with Crippen molar-refractivity contribution >= 4 is 5.97 Å². The number of halogens is 3. The Bertz CT molecular complexity index is 530. The number of benzene rings is 1. The lowest BCUT2D eigenvalue weighted by Gasteiger charge is -2.08. The molecule has 0 aliphatic carbocycles. The topological polar surface area (TPSA) is 35.5 Å². The third-order valence-corrected chi connectivity index (χ3v) is 1.99. The number of carbonyl (C=O) groups is 1. The molecule has 0 aliphatic rings. The molecule has 0 spiro atoms. The number of methoxy groups -OCH3 is 1. The van der Waals surface area contributed by atoms with Crippen LogP contribution in [0.2, 0.25) is 0 Å². The zero-order valence-corrected chi connectivity index (χ0v) is 9.64. The second kappa shape index (κ2) is 5.96. The fourth-order valence-electron chi connectivity index (χ4n) is 1.16. The molecule has 1 aromatic rings. The van der Waals surface area contributed by atoms with E-state index in [1.165, 1.54) is 6.92 Å². The van der Waals surface area contributed by atoms with Gasteiger partial charge in [0.1, 0.15) is 5.56 Å². The third-order valence-electron chi connectivity index (χ3n) is 1.99. The van der Waals surface area contributed by atoms with Crippen molar-refractivity contribution in [1.29, 1.82) is 0 Å². The van der Waals surface area contributed by atoms with Crippen molar-refractivity contribution < 1.29 is 27.4 Å². The van der Waals surface area contributed by atoms with Gasteiger partial charge in [0, 0.05) is 0 Å². The highest BCUT2D eigenvalue weighted by atomic mass is 19.2. The SMILES string of the molecule is CC#CCOC(=O)c1cc(F)c(F)c(OC)c1F. The van der Waals surface area contributed by atoms with Gasteiger partial charge < -0.3 is 9.47 Å². The van der Waals surface area contributed by atoms with Gasteiger partial charge in [0.25, 0.3) is 0 Å². The average Bonchev–Trinajstić information content (AvgIpc) is 2.34. The molecule has 0 saturated heterocycles. The highest BCUT2D eigenvalue weighted by Gasteiger charge is 2.24. The van der Waals surface area contributed by atoms with Crippen LogP contribution in [0.25, 0.3) is 0 Å². The molecule has 0 heterocycles. The normalized spacial score (nSPS) is 9.39. The highest BCUT2D eigenvalue weighted by molar-refractivity contribution is 5.90. The van der Waals surface area contributed by atoms with E-state index in [9.17, 15) is 18.0 Å². The molecule has 0 aromatic heterocycles. The van der Waals surface area contributed by atoms with Gasteiger partial charge in [0.05, 0.1) is 7.11 Å². The summed E-state index contributed by atoms with van der Waals surface area (Å²) in [7, 11) is 0.957. The summed E-state index contributed by atoms with van der Waals surface area (Å²) in [5, 5.41) is 0. The van der Waals surface area contributed by atoms with Crippen LogP contribution in [0.4, 0.5) is 13.2 Å². The van der Waals surface area contributed by atoms with Crippen molar-refractivity contribution in [3.05, 3.63) is 29.1 Å². The smallest absolute Gasteiger partial charge is 0.342 e. The van der Waals surface area contributed by atoms with E-state index in [-0.39, 0.29) is 6.61 Å². The largest absolute Gasteiger partial charge is 0.491 e. The Labute approximate surface area is 102 Å². The van der Waals surface area contributed by atoms with E-state index in [0.717, 1.165) is 7.11 Å². The van der Waals surface area contributed by atoms with Gasteiger partial charge in [0.15, 0.2) is 24.0 Å². The summed E-state index contributed by atoms with van der Waals surface area (Å²) >= 11 is 0. The van der Waals surface area contributed by atoms with Crippen LogP contribution < -0.4 is 4.74 Å². The first-order valence-corrected chi connectivity index (χ1v) is 4.81. The van der Waals surface area contributed by atoms with Crippen molar-refractivity contribution in [3.8, 4) is 17.6 Å². The molecule has 0 radical (unpaired) electrons. The van der Waals surface area contributed by atoms with E-state index in [2.05, 4.69) is 21.3 Å². The maximum Gasteiger partial charge on any atom is 0.342 e. The van der Waals surface area contributed by atoms with Crippen molar-refractivity contribution in [3.63, 3.8) is 0 Å². The van der Waals surface area contributed by atoms with Gasteiger partial charge in [-0.25, -0.2) is 13.6 Å². The van der Waals surface area contributed by atoms with Crippen molar-refractivity contribution in [2.75, 3.05) is 13.7 Å². The summed E-state index contributed by atoms with van der Waals surface area (Å²) in [5.41, 5.74) is -0.747. The highest BCUT2D eigenvalue weighted by Crippen LogP contribution is 2.27. The van der Waals surface area contributed by atoms with Crippen LogP contribution in [0.15, 0.2) is 6.07 Å².